The molecule has 3 heterocycles. The van der Waals surface area contributed by atoms with Gasteiger partial charge in [-0.25, -0.2) is 9.97 Å². The van der Waals surface area contributed by atoms with Crippen LogP contribution in [0, 0.1) is 41.4 Å². The van der Waals surface area contributed by atoms with Crippen LogP contribution in [0.5, 0.6) is 0 Å². The fourth-order valence-corrected chi connectivity index (χ4v) is 4.19. The molecular weight excluding hydrogens is 695 g/mol. The Hall–Kier alpha value is -3.25. The molecule has 0 amide bonds. The topological polar surface area (TPSA) is 120 Å². The fourth-order valence-electron chi connectivity index (χ4n) is 3.84. The molecule has 5 aromatic rings. The number of nitrogens with zero attached hydrogens (tertiary/aromatic N) is 5. The van der Waals surface area contributed by atoms with Crippen molar-refractivity contribution in [2.75, 3.05) is 5.73 Å². The van der Waals surface area contributed by atoms with Gasteiger partial charge in [0.15, 0.2) is 0 Å². The van der Waals surface area contributed by atoms with Crippen LogP contribution >= 0.6 is 45.8 Å². The second-order valence-corrected chi connectivity index (χ2v) is 9.09. The number of aromatic amines is 1. The summed E-state index contributed by atoms with van der Waals surface area (Å²) >= 11 is 13.9. The number of rotatable bonds is 3. The number of anilines is 1. The first-order chi connectivity index (χ1) is 18.8. The summed E-state index contributed by atoms with van der Waals surface area (Å²) in [5.41, 5.74) is 12.6. The van der Waals surface area contributed by atoms with Gasteiger partial charge in [0.25, 0.3) is 0 Å². The Morgan fingerprint density at radius 3 is 1.95 bits per heavy atom. The SMILES string of the molecule is Cc1ccc(Cl)cc1-c1c[nH]cc1C#N.Cc1ccc(Cl)cc1-c1cn(-c2cc(N)ncn2)cc1C#N.[CH2-]I.[V]. The maximum Gasteiger partial charge on any atom is 0.142 e. The van der Waals surface area contributed by atoms with E-state index < -0.39 is 0 Å². The van der Waals surface area contributed by atoms with Gasteiger partial charge in [-0.1, -0.05) is 35.3 Å². The van der Waals surface area contributed by atoms with Crippen molar-refractivity contribution >= 4 is 51.6 Å². The predicted molar refractivity (Wildman–Crippen MR) is 166 cm³/mol. The normalized spacial score (nSPS) is 9.60. The second-order valence-electron chi connectivity index (χ2n) is 8.22. The number of hydrogen-bond donors (Lipinski definition) is 2. The fraction of sp³-hybridized carbons (Fsp3) is 0.0690. The van der Waals surface area contributed by atoms with Crippen LogP contribution in [-0.4, -0.2) is 19.5 Å². The molecule has 0 saturated carbocycles. The average molecular weight is 718 g/mol. The van der Waals surface area contributed by atoms with Crippen molar-refractivity contribution in [2.24, 2.45) is 0 Å². The number of nitrogens with one attached hydrogen (secondary N) is 1. The van der Waals surface area contributed by atoms with Crippen LogP contribution < -0.4 is 5.73 Å². The third kappa shape index (κ3) is 7.91. The van der Waals surface area contributed by atoms with Gasteiger partial charge in [-0.2, -0.15) is 10.5 Å². The maximum atomic E-state index is 9.40. The molecule has 3 N–H and O–H groups in total. The van der Waals surface area contributed by atoms with Gasteiger partial charge >= 0.3 is 0 Å². The van der Waals surface area contributed by atoms with Crippen molar-refractivity contribution in [1.82, 2.24) is 19.5 Å². The van der Waals surface area contributed by atoms with E-state index in [2.05, 4.69) is 32.0 Å². The minimum atomic E-state index is 0. The number of hydrogen-bond acceptors (Lipinski definition) is 5. The van der Waals surface area contributed by atoms with Crippen LogP contribution in [0.3, 0.4) is 0 Å². The number of aryl methyl sites for hydroxylation is 2. The number of benzene rings is 2. The molecule has 0 bridgehead atoms. The van der Waals surface area contributed by atoms with Crippen molar-refractivity contribution in [1.29, 1.82) is 10.5 Å². The van der Waals surface area contributed by atoms with Gasteiger partial charge in [-0.05, 0) is 60.4 Å². The molecular formula is C29H23Cl2IN7V-. The molecule has 1 radical (unpaired) electrons. The number of nitriles is 2. The Labute approximate surface area is 269 Å². The van der Waals surface area contributed by atoms with E-state index in [0.29, 0.717) is 32.8 Å². The first kappa shape index (κ1) is 33.0. The van der Waals surface area contributed by atoms with E-state index in [4.69, 9.17) is 34.2 Å². The molecule has 11 heteroatoms. The zero-order chi connectivity index (χ0) is 28.5. The molecule has 0 fully saturated rings. The third-order valence-electron chi connectivity index (χ3n) is 5.73. The average Bonchev–Trinajstić information content (AvgIpc) is 3.60. The monoisotopic (exact) mass is 717 g/mol. The molecule has 0 aliphatic carbocycles. The van der Waals surface area contributed by atoms with Gasteiger partial charge in [0.1, 0.15) is 30.1 Å². The van der Waals surface area contributed by atoms with Gasteiger partial charge in [-0.3, -0.25) is 4.93 Å². The van der Waals surface area contributed by atoms with Gasteiger partial charge in [0.2, 0.25) is 0 Å². The van der Waals surface area contributed by atoms with E-state index in [9.17, 15) is 5.26 Å². The maximum absolute atomic E-state index is 9.40. The zero-order valence-corrected chi connectivity index (χ0v) is 26.6. The van der Waals surface area contributed by atoms with Gasteiger partial charge in [-0.15, -0.1) is 0 Å². The van der Waals surface area contributed by atoms with Crippen LogP contribution in [-0.2, 0) is 18.6 Å². The predicted octanol–water partition coefficient (Wildman–Crippen LogP) is 8.08. The minimum Gasteiger partial charge on any atom is -0.384 e. The number of aromatic nitrogens is 4. The molecule has 0 unspecified atom stereocenters. The number of nitrogen functional groups attached to an aromatic ring is 1. The molecule has 201 valence electrons. The number of halogens is 3. The molecule has 0 saturated heterocycles. The molecule has 5 rings (SSSR count). The molecule has 0 atom stereocenters. The zero-order valence-electron chi connectivity index (χ0n) is 21.5. The van der Waals surface area contributed by atoms with Crippen LogP contribution in [0.1, 0.15) is 22.3 Å². The van der Waals surface area contributed by atoms with Crippen LogP contribution in [0.25, 0.3) is 28.1 Å². The summed E-state index contributed by atoms with van der Waals surface area (Å²) in [6.07, 6.45) is 8.46. The Balaban J connectivity index is 0.000000273. The van der Waals surface area contributed by atoms with E-state index in [-0.39, 0.29) is 18.6 Å². The van der Waals surface area contributed by atoms with E-state index in [1.807, 2.05) is 85.2 Å². The first-order valence-corrected chi connectivity index (χ1v) is 13.7. The molecule has 2 aromatic carbocycles. The third-order valence-corrected chi connectivity index (χ3v) is 6.20. The van der Waals surface area contributed by atoms with Gasteiger partial charge in [0, 0.05) is 70.6 Å². The van der Waals surface area contributed by atoms with E-state index in [1.54, 1.807) is 23.0 Å². The van der Waals surface area contributed by atoms with Crippen LogP contribution in [0.15, 0.2) is 73.6 Å². The first-order valence-electron chi connectivity index (χ1n) is 11.4. The van der Waals surface area contributed by atoms with Crippen LogP contribution in [0.2, 0.25) is 10.0 Å². The molecule has 3 aromatic heterocycles. The van der Waals surface area contributed by atoms with Crippen LogP contribution in [0.4, 0.5) is 5.82 Å². The quantitative estimate of drug-likeness (QED) is 0.145. The molecule has 0 aliphatic rings. The number of H-pyrrole nitrogens is 1. The van der Waals surface area contributed by atoms with E-state index in [1.165, 1.54) is 6.33 Å². The van der Waals surface area contributed by atoms with Crippen molar-refractivity contribution in [3.63, 3.8) is 0 Å². The van der Waals surface area contributed by atoms with Crippen molar-refractivity contribution < 1.29 is 18.6 Å². The summed E-state index contributed by atoms with van der Waals surface area (Å²) in [6.45, 7) is 3.98. The summed E-state index contributed by atoms with van der Waals surface area (Å²) in [5.74, 6) is 0.979. The standard InChI is InChI=1S/C16H12ClN5.C12H9ClN2.CH2I.V/c1-10-2-3-12(17)4-13(10)14-8-22(7-11(14)6-18)16-5-15(19)20-9-21-16;1-8-2-3-10(13)4-11(8)12-7-15-6-9(12)5-14;1-2;/h2-5,7-9H,1H3,(H2,19,20,21);2-4,6-7,15H,1H3;1H2;/q;;-1;. The summed E-state index contributed by atoms with van der Waals surface area (Å²) in [4.78, 5) is 14.2. The summed E-state index contributed by atoms with van der Waals surface area (Å²) in [7, 11) is 0. The van der Waals surface area contributed by atoms with Crippen molar-refractivity contribution in [2.45, 2.75) is 13.8 Å². The van der Waals surface area contributed by atoms with E-state index >= 15 is 0 Å². The molecule has 7 nitrogen and oxygen atoms in total. The largest absolute Gasteiger partial charge is 0.384 e. The number of nitrogens with two attached hydrogens (primary N) is 1. The van der Waals surface area contributed by atoms with Crippen molar-refractivity contribution in [3.05, 3.63) is 111 Å². The smallest absolute Gasteiger partial charge is 0.142 e. The Morgan fingerprint density at radius 2 is 1.40 bits per heavy atom. The van der Waals surface area contributed by atoms with Gasteiger partial charge in [0.05, 0.1) is 11.1 Å². The second kappa shape index (κ2) is 15.5. The Morgan fingerprint density at radius 1 is 0.825 bits per heavy atom. The molecule has 0 aliphatic heterocycles. The Bertz CT molecular complexity index is 1680. The summed E-state index contributed by atoms with van der Waals surface area (Å²) in [6, 6.07) is 17.3. The molecule has 40 heavy (non-hydrogen) atoms. The summed E-state index contributed by atoms with van der Waals surface area (Å²) in [5, 5.41) is 19.6. The minimum absolute atomic E-state index is 0. The van der Waals surface area contributed by atoms with E-state index in [0.717, 1.165) is 33.4 Å². The van der Waals surface area contributed by atoms with Gasteiger partial charge < -0.3 is 37.9 Å². The van der Waals surface area contributed by atoms with Crippen molar-refractivity contribution in [3.8, 4) is 40.2 Å². The Kier molecular flexibility index (Phi) is 12.8. The molecule has 0 spiro atoms. The summed E-state index contributed by atoms with van der Waals surface area (Å²) < 4.78 is 1.76.